The van der Waals surface area contributed by atoms with Gasteiger partial charge in [-0.15, -0.1) is 0 Å². The van der Waals surface area contributed by atoms with Crippen LogP contribution in [0.15, 0.2) is 11.8 Å². The minimum absolute atomic E-state index is 0.180. The lowest BCUT2D eigenvalue weighted by Crippen LogP contribution is -2.41. The van der Waals surface area contributed by atoms with E-state index < -0.39 is 21.6 Å². The fraction of sp³-hybridized carbons (Fsp3) is 0.636. The average molecular weight is 307 g/mol. The molecule has 0 aliphatic carbocycles. The molecule has 6 heteroatoms. The predicted octanol–water partition coefficient (Wildman–Crippen LogP) is 0.664. The molecule has 0 aliphatic rings. The molecule has 0 aromatic rings. The first-order valence-corrected chi connectivity index (χ1v) is 5.93. The molecule has 0 spiro atoms. The zero-order valence-electron chi connectivity index (χ0n) is 10.5. The molecular weight excluding hydrogens is 288 g/mol. The molecule has 0 unspecified atom stereocenters. The summed E-state index contributed by atoms with van der Waals surface area (Å²) >= 11 is 3.14. The van der Waals surface area contributed by atoms with Crippen LogP contribution in [0.3, 0.4) is 0 Å². The standard InChI is InChI=1S/C11H19BrN2O3/c1-10(2,6-15)7(13)5-8(16)14-9(17)11(3,4)12/h5,15H,6,13H2,1-4H3,(H,14,16,17). The topological polar surface area (TPSA) is 92.4 Å². The van der Waals surface area contributed by atoms with Crippen LogP contribution in [0, 0.1) is 5.41 Å². The summed E-state index contributed by atoms with van der Waals surface area (Å²) in [5.74, 6) is -1.05. The van der Waals surface area contributed by atoms with Gasteiger partial charge in [-0.05, 0) is 13.8 Å². The number of hydrogen-bond donors (Lipinski definition) is 3. The molecule has 5 nitrogen and oxygen atoms in total. The normalized spacial score (nSPS) is 13.4. The van der Waals surface area contributed by atoms with E-state index in [4.69, 9.17) is 10.8 Å². The molecule has 98 valence electrons. The maximum atomic E-state index is 11.5. The van der Waals surface area contributed by atoms with E-state index in [2.05, 4.69) is 21.2 Å². The lowest BCUT2D eigenvalue weighted by atomic mass is 9.90. The van der Waals surface area contributed by atoms with E-state index in [0.29, 0.717) is 0 Å². The van der Waals surface area contributed by atoms with E-state index in [9.17, 15) is 9.59 Å². The molecule has 4 N–H and O–H groups in total. The Labute approximate surface area is 110 Å². The van der Waals surface area contributed by atoms with Gasteiger partial charge in [0.2, 0.25) is 5.91 Å². The Kier molecular flexibility index (Phi) is 5.35. The lowest BCUT2D eigenvalue weighted by molar-refractivity contribution is -0.129. The molecule has 0 radical (unpaired) electrons. The number of imide groups is 1. The summed E-state index contributed by atoms with van der Waals surface area (Å²) in [6.07, 6.45) is 1.12. The van der Waals surface area contributed by atoms with Crippen molar-refractivity contribution in [2.24, 2.45) is 11.1 Å². The van der Waals surface area contributed by atoms with Crippen molar-refractivity contribution in [2.45, 2.75) is 32.0 Å². The van der Waals surface area contributed by atoms with Crippen LogP contribution < -0.4 is 11.1 Å². The second kappa shape index (κ2) is 5.64. The van der Waals surface area contributed by atoms with E-state index in [1.807, 2.05) is 0 Å². The minimum atomic E-state index is -0.822. The van der Waals surface area contributed by atoms with Crippen LogP contribution in [0.5, 0.6) is 0 Å². The summed E-state index contributed by atoms with van der Waals surface area (Å²) in [4.78, 5) is 23.0. The number of carbonyl (C=O) groups is 2. The molecule has 2 amide bonds. The Morgan fingerprint density at radius 3 is 2.18 bits per heavy atom. The van der Waals surface area contributed by atoms with Gasteiger partial charge in [-0.25, -0.2) is 0 Å². The van der Waals surface area contributed by atoms with Crippen molar-refractivity contribution in [1.29, 1.82) is 0 Å². The fourth-order valence-corrected chi connectivity index (χ4v) is 0.824. The first kappa shape index (κ1) is 16.1. The summed E-state index contributed by atoms with van der Waals surface area (Å²) in [5.41, 5.74) is 5.19. The number of carbonyl (C=O) groups excluding carboxylic acids is 2. The number of nitrogens with two attached hydrogens (primary N) is 1. The maximum absolute atomic E-state index is 11.5. The largest absolute Gasteiger partial charge is 0.401 e. The molecular formula is C11H19BrN2O3. The van der Waals surface area contributed by atoms with Gasteiger partial charge in [0.25, 0.3) is 5.91 Å². The highest BCUT2D eigenvalue weighted by Gasteiger charge is 2.26. The molecule has 0 rings (SSSR count). The zero-order chi connectivity index (χ0) is 13.9. The number of amides is 2. The first-order valence-electron chi connectivity index (χ1n) is 5.13. The summed E-state index contributed by atoms with van der Waals surface area (Å²) in [7, 11) is 0. The Morgan fingerprint density at radius 1 is 1.35 bits per heavy atom. The summed E-state index contributed by atoms with van der Waals surface area (Å²) < 4.78 is -0.822. The van der Waals surface area contributed by atoms with Crippen LogP contribution in [-0.2, 0) is 9.59 Å². The van der Waals surface area contributed by atoms with Crippen molar-refractivity contribution in [2.75, 3.05) is 6.61 Å². The quantitative estimate of drug-likeness (QED) is 0.525. The molecule has 0 atom stereocenters. The summed E-state index contributed by atoms with van der Waals surface area (Å²) in [6, 6.07) is 0. The van der Waals surface area contributed by atoms with Crippen LogP contribution in [0.4, 0.5) is 0 Å². The van der Waals surface area contributed by atoms with Crippen LogP contribution in [0.2, 0.25) is 0 Å². The van der Waals surface area contributed by atoms with Crippen molar-refractivity contribution in [3.8, 4) is 0 Å². The third-order valence-corrected chi connectivity index (χ3v) is 2.60. The van der Waals surface area contributed by atoms with Crippen LogP contribution in [-0.4, -0.2) is 27.9 Å². The van der Waals surface area contributed by atoms with Crippen LogP contribution in [0.25, 0.3) is 0 Å². The van der Waals surface area contributed by atoms with E-state index in [1.165, 1.54) is 0 Å². The Hall–Kier alpha value is -0.880. The zero-order valence-corrected chi connectivity index (χ0v) is 12.1. The third-order valence-electron chi connectivity index (χ3n) is 2.24. The predicted molar refractivity (Wildman–Crippen MR) is 69.3 cm³/mol. The van der Waals surface area contributed by atoms with Gasteiger partial charge in [-0.2, -0.15) is 0 Å². The third kappa shape index (κ3) is 5.32. The second-order valence-electron chi connectivity index (χ2n) is 4.93. The Bertz CT molecular complexity index is 343. The van der Waals surface area contributed by atoms with Crippen molar-refractivity contribution in [3.63, 3.8) is 0 Å². The highest BCUT2D eigenvalue weighted by molar-refractivity contribution is 9.10. The lowest BCUT2D eigenvalue weighted by Gasteiger charge is -2.22. The molecule has 0 saturated carbocycles. The van der Waals surface area contributed by atoms with Gasteiger partial charge in [0, 0.05) is 17.2 Å². The average Bonchev–Trinajstić information content (AvgIpc) is 2.15. The SMILES string of the molecule is CC(C)(Br)C(=O)NC(=O)C=C(N)C(C)(C)CO. The molecule has 0 aromatic carbocycles. The van der Waals surface area contributed by atoms with E-state index in [1.54, 1.807) is 27.7 Å². The molecule has 17 heavy (non-hydrogen) atoms. The summed E-state index contributed by atoms with van der Waals surface area (Å²) in [5, 5.41) is 11.2. The van der Waals surface area contributed by atoms with Crippen LogP contribution in [0.1, 0.15) is 27.7 Å². The Balaban J connectivity index is 4.68. The minimum Gasteiger partial charge on any atom is -0.401 e. The molecule has 0 heterocycles. The van der Waals surface area contributed by atoms with Crippen molar-refractivity contribution in [3.05, 3.63) is 11.8 Å². The number of halogens is 1. The highest BCUT2D eigenvalue weighted by Crippen LogP contribution is 2.20. The number of alkyl halides is 1. The molecule has 0 aliphatic heterocycles. The number of nitrogens with one attached hydrogen (secondary N) is 1. The van der Waals surface area contributed by atoms with Gasteiger partial charge in [0.05, 0.1) is 10.9 Å². The molecule has 0 aromatic heterocycles. The highest BCUT2D eigenvalue weighted by atomic mass is 79.9. The number of aliphatic hydroxyl groups excluding tert-OH is 1. The molecule has 0 fully saturated rings. The van der Waals surface area contributed by atoms with Gasteiger partial charge in [-0.1, -0.05) is 29.8 Å². The summed E-state index contributed by atoms with van der Waals surface area (Å²) in [6.45, 7) is 6.46. The van der Waals surface area contributed by atoms with Crippen LogP contribution >= 0.6 is 15.9 Å². The number of aliphatic hydroxyl groups is 1. The molecule has 0 saturated heterocycles. The Morgan fingerprint density at radius 2 is 1.82 bits per heavy atom. The van der Waals surface area contributed by atoms with E-state index in [0.717, 1.165) is 6.08 Å². The van der Waals surface area contributed by atoms with E-state index in [-0.39, 0.29) is 12.3 Å². The monoisotopic (exact) mass is 306 g/mol. The first-order chi connectivity index (χ1) is 7.50. The van der Waals surface area contributed by atoms with Gasteiger partial charge in [-0.3, -0.25) is 14.9 Å². The van der Waals surface area contributed by atoms with Gasteiger partial charge in [0.15, 0.2) is 0 Å². The number of hydrogen-bond acceptors (Lipinski definition) is 4. The number of rotatable bonds is 4. The van der Waals surface area contributed by atoms with Gasteiger partial charge in [0.1, 0.15) is 0 Å². The van der Waals surface area contributed by atoms with Crippen molar-refractivity contribution in [1.82, 2.24) is 5.32 Å². The van der Waals surface area contributed by atoms with Crippen molar-refractivity contribution >= 4 is 27.7 Å². The molecule has 0 bridgehead atoms. The smallest absolute Gasteiger partial charge is 0.252 e. The fourth-order valence-electron chi connectivity index (χ4n) is 0.724. The van der Waals surface area contributed by atoms with E-state index >= 15 is 0 Å². The van der Waals surface area contributed by atoms with Gasteiger partial charge >= 0.3 is 0 Å². The van der Waals surface area contributed by atoms with Crippen molar-refractivity contribution < 1.29 is 14.7 Å². The maximum Gasteiger partial charge on any atom is 0.252 e. The van der Waals surface area contributed by atoms with Gasteiger partial charge < -0.3 is 10.8 Å². The second-order valence-corrected chi connectivity index (χ2v) is 6.92.